The summed E-state index contributed by atoms with van der Waals surface area (Å²) in [6.45, 7) is 1.24. The van der Waals surface area contributed by atoms with Gasteiger partial charge in [-0.1, -0.05) is 30.3 Å². The Morgan fingerprint density at radius 1 is 1.03 bits per heavy atom. The molecule has 1 heterocycles. The van der Waals surface area contributed by atoms with Gasteiger partial charge < -0.3 is 20.3 Å². The summed E-state index contributed by atoms with van der Waals surface area (Å²) in [7, 11) is 0. The molecule has 2 aromatic rings. The van der Waals surface area contributed by atoms with Crippen LogP contribution >= 0.6 is 0 Å². The molecule has 0 unspecified atom stereocenters. The molecule has 1 amide bonds. The molecule has 3 N–H and O–H groups in total. The maximum atomic E-state index is 14.1. The highest BCUT2D eigenvalue weighted by atomic mass is 19.1. The molecular weight excluding hydrogens is 387 g/mol. The first-order valence-corrected chi connectivity index (χ1v) is 10.4. The molecule has 2 aromatic carbocycles. The van der Waals surface area contributed by atoms with E-state index in [0.717, 1.165) is 0 Å². The Morgan fingerprint density at radius 3 is 2.40 bits per heavy atom. The van der Waals surface area contributed by atoms with Gasteiger partial charge in [-0.25, -0.2) is 4.39 Å². The number of benzene rings is 2. The summed E-state index contributed by atoms with van der Waals surface area (Å²) >= 11 is 0. The van der Waals surface area contributed by atoms with Crippen molar-refractivity contribution in [1.82, 2.24) is 10.2 Å². The van der Waals surface area contributed by atoms with Crippen LogP contribution in [0.5, 0.6) is 5.75 Å². The number of para-hydroxylation sites is 1. The van der Waals surface area contributed by atoms with Gasteiger partial charge >= 0.3 is 0 Å². The Kier molecular flexibility index (Phi) is 6.32. The van der Waals surface area contributed by atoms with E-state index in [-0.39, 0.29) is 17.7 Å². The van der Waals surface area contributed by atoms with E-state index in [9.17, 15) is 19.4 Å². The number of amides is 1. The zero-order chi connectivity index (χ0) is 21.1. The highest BCUT2D eigenvalue weighted by Crippen LogP contribution is 2.31. The summed E-state index contributed by atoms with van der Waals surface area (Å²) in [5.41, 5.74) is -0.0211. The molecule has 6 nitrogen and oxygen atoms in total. The van der Waals surface area contributed by atoms with Gasteiger partial charge in [-0.2, -0.15) is 0 Å². The first-order chi connectivity index (χ1) is 14.5. The predicted molar refractivity (Wildman–Crippen MR) is 110 cm³/mol. The average Bonchev–Trinajstić information content (AvgIpc) is 3.04. The number of nitrogens with zero attached hydrogens (tertiary/aromatic N) is 1. The van der Waals surface area contributed by atoms with Crippen molar-refractivity contribution in [1.29, 1.82) is 0 Å². The van der Waals surface area contributed by atoms with Crippen LogP contribution in [0, 0.1) is 5.82 Å². The predicted octanol–water partition coefficient (Wildman–Crippen LogP) is 1.96. The highest BCUT2D eigenvalue weighted by Gasteiger charge is 2.48. The third-order valence-electron chi connectivity index (χ3n) is 6.02. The lowest BCUT2D eigenvalue weighted by atomic mass is 10.0. The summed E-state index contributed by atoms with van der Waals surface area (Å²) in [6, 6.07) is 14.3. The zero-order valence-electron chi connectivity index (χ0n) is 16.7. The van der Waals surface area contributed by atoms with Crippen LogP contribution in [0.3, 0.4) is 0 Å². The number of carbonyl (C=O) groups is 1. The van der Waals surface area contributed by atoms with Crippen LogP contribution in [-0.4, -0.2) is 64.5 Å². The minimum atomic E-state index is -0.827. The Morgan fingerprint density at radius 2 is 1.70 bits per heavy atom. The van der Waals surface area contributed by atoms with E-state index in [1.54, 1.807) is 6.07 Å². The first-order valence-electron chi connectivity index (χ1n) is 10.4. The summed E-state index contributed by atoms with van der Waals surface area (Å²) in [5.74, 6) is -0.438. The number of likely N-dealkylation sites (tertiary alicyclic amines) is 1. The van der Waals surface area contributed by atoms with Crippen LogP contribution in [0.1, 0.15) is 29.6 Å². The van der Waals surface area contributed by atoms with Crippen molar-refractivity contribution in [3.8, 4) is 5.75 Å². The van der Waals surface area contributed by atoms with E-state index in [0.29, 0.717) is 38.1 Å². The van der Waals surface area contributed by atoms with Gasteiger partial charge in [-0.15, -0.1) is 0 Å². The van der Waals surface area contributed by atoms with Gasteiger partial charge in [0, 0.05) is 19.5 Å². The molecule has 4 atom stereocenters. The fraction of sp³-hybridized carbons (Fsp3) is 0.435. The van der Waals surface area contributed by atoms with Gasteiger partial charge in [0.15, 0.2) is 0 Å². The quantitative estimate of drug-likeness (QED) is 0.697. The third-order valence-corrected chi connectivity index (χ3v) is 6.02. The molecule has 0 radical (unpaired) electrons. The molecule has 0 bridgehead atoms. The smallest absolute Gasteiger partial charge is 0.254 e. The molecule has 2 fully saturated rings. The minimum Gasteiger partial charge on any atom is -0.488 e. The summed E-state index contributed by atoms with van der Waals surface area (Å²) < 4.78 is 20.1. The van der Waals surface area contributed by atoms with Crippen LogP contribution in [-0.2, 0) is 0 Å². The molecule has 0 aromatic heterocycles. The Bertz CT molecular complexity index is 857. The molecule has 2 aliphatic rings. The van der Waals surface area contributed by atoms with Crippen molar-refractivity contribution in [3.63, 3.8) is 0 Å². The van der Waals surface area contributed by atoms with Gasteiger partial charge in [0.2, 0.25) is 0 Å². The van der Waals surface area contributed by atoms with Gasteiger partial charge in [-0.05, 0) is 37.1 Å². The third kappa shape index (κ3) is 4.48. The van der Waals surface area contributed by atoms with E-state index >= 15 is 0 Å². The maximum absolute atomic E-state index is 14.1. The SMILES string of the molecule is O=C(N[C@@H]1C[C@@H](Oc2ccccc2)[C@H](O)[C@H]1N1CCC(O)CC1)c1ccccc1F. The Hall–Kier alpha value is -2.48. The lowest BCUT2D eigenvalue weighted by Gasteiger charge is -2.38. The van der Waals surface area contributed by atoms with Crippen LogP contribution in [0.4, 0.5) is 4.39 Å². The van der Waals surface area contributed by atoms with Gasteiger partial charge in [0.05, 0.1) is 23.8 Å². The Balaban J connectivity index is 1.53. The summed E-state index contributed by atoms with van der Waals surface area (Å²) in [4.78, 5) is 14.8. The molecule has 1 saturated carbocycles. The van der Waals surface area contributed by atoms with Crippen LogP contribution < -0.4 is 10.1 Å². The van der Waals surface area contributed by atoms with Crippen molar-refractivity contribution in [2.24, 2.45) is 0 Å². The summed E-state index contributed by atoms with van der Waals surface area (Å²) in [5, 5.41) is 23.8. The number of aliphatic hydroxyl groups excluding tert-OH is 2. The van der Waals surface area contributed by atoms with Gasteiger partial charge in [0.25, 0.3) is 5.91 Å². The number of hydrogen-bond donors (Lipinski definition) is 3. The second-order valence-corrected chi connectivity index (χ2v) is 8.01. The second-order valence-electron chi connectivity index (χ2n) is 8.01. The molecule has 0 spiro atoms. The maximum Gasteiger partial charge on any atom is 0.254 e. The molecule has 160 valence electrons. The number of rotatable bonds is 5. The van der Waals surface area contributed by atoms with E-state index in [2.05, 4.69) is 10.2 Å². The lowest BCUT2D eigenvalue weighted by Crippen LogP contribution is -2.56. The van der Waals surface area contributed by atoms with Crippen molar-refractivity contribution in [2.75, 3.05) is 13.1 Å². The van der Waals surface area contributed by atoms with Crippen molar-refractivity contribution in [3.05, 3.63) is 66.0 Å². The van der Waals surface area contributed by atoms with Crippen molar-refractivity contribution >= 4 is 5.91 Å². The number of nitrogens with one attached hydrogen (secondary N) is 1. The molecule has 1 aliphatic heterocycles. The number of hydrogen-bond acceptors (Lipinski definition) is 5. The second kappa shape index (κ2) is 9.12. The largest absolute Gasteiger partial charge is 0.488 e. The highest BCUT2D eigenvalue weighted by molar-refractivity contribution is 5.94. The van der Waals surface area contributed by atoms with E-state index < -0.39 is 30.0 Å². The average molecular weight is 414 g/mol. The molecule has 1 saturated heterocycles. The number of carbonyl (C=O) groups excluding carboxylic acids is 1. The number of piperidine rings is 1. The minimum absolute atomic E-state index is 0.0211. The fourth-order valence-electron chi connectivity index (χ4n) is 4.47. The van der Waals surface area contributed by atoms with Gasteiger partial charge in [0.1, 0.15) is 23.8 Å². The van der Waals surface area contributed by atoms with Crippen LogP contribution in [0.25, 0.3) is 0 Å². The molecule has 1 aliphatic carbocycles. The number of ether oxygens (including phenoxy) is 1. The molecular formula is C23H27FN2O4. The lowest BCUT2D eigenvalue weighted by molar-refractivity contribution is -0.0145. The number of aliphatic hydroxyl groups is 2. The van der Waals surface area contributed by atoms with Crippen LogP contribution in [0.15, 0.2) is 54.6 Å². The summed E-state index contributed by atoms with van der Waals surface area (Å²) in [6.07, 6.45) is -0.0489. The monoisotopic (exact) mass is 414 g/mol. The van der Waals surface area contributed by atoms with Crippen LogP contribution in [0.2, 0.25) is 0 Å². The molecule has 30 heavy (non-hydrogen) atoms. The van der Waals surface area contributed by atoms with E-state index in [1.165, 1.54) is 18.2 Å². The standard InChI is InChI=1S/C23H27FN2O4/c24-18-9-5-4-8-17(18)23(29)25-19-14-20(30-16-6-2-1-3-7-16)22(28)21(19)26-12-10-15(27)11-13-26/h1-9,15,19-22,27-28H,10-14H2,(H,25,29)/t19-,20-,21+,22+/m1/s1. The first kappa shape index (κ1) is 20.8. The van der Waals surface area contributed by atoms with Crippen molar-refractivity contribution in [2.45, 2.75) is 49.7 Å². The Labute approximate surface area is 175 Å². The normalized spacial score (nSPS) is 27.7. The topological polar surface area (TPSA) is 82.0 Å². The molecule has 7 heteroatoms. The molecule has 4 rings (SSSR count). The zero-order valence-corrected chi connectivity index (χ0v) is 16.7. The number of halogens is 1. The van der Waals surface area contributed by atoms with Crippen molar-refractivity contribution < 1.29 is 24.1 Å². The van der Waals surface area contributed by atoms with E-state index in [4.69, 9.17) is 4.74 Å². The fourth-order valence-corrected chi connectivity index (χ4v) is 4.47. The van der Waals surface area contributed by atoms with E-state index in [1.807, 2.05) is 30.3 Å². The van der Waals surface area contributed by atoms with Gasteiger partial charge in [-0.3, -0.25) is 9.69 Å².